The molecular weight excluding hydrogens is 291 g/mol. The average molecular weight is 310 g/mol. The maximum atomic E-state index is 12.9. The molecule has 1 fully saturated rings. The van der Waals surface area contributed by atoms with Gasteiger partial charge in [-0.2, -0.15) is 9.98 Å². The second-order valence-corrected chi connectivity index (χ2v) is 7.20. The van der Waals surface area contributed by atoms with Crippen LogP contribution in [0.4, 0.5) is 4.39 Å². The first kappa shape index (κ1) is 15.9. The smallest absolute Gasteiger partial charge is 0.207 e. The lowest BCUT2D eigenvalue weighted by Gasteiger charge is -2.29. The molecule has 114 valence electrons. The summed E-state index contributed by atoms with van der Waals surface area (Å²) in [5.74, 6) is -0.491. The minimum Gasteiger partial charge on any atom is -0.207 e. The van der Waals surface area contributed by atoms with E-state index < -0.39 is 21.4 Å². The van der Waals surface area contributed by atoms with Crippen LogP contribution in [0.5, 0.6) is 0 Å². The van der Waals surface area contributed by atoms with Gasteiger partial charge in [0.1, 0.15) is 11.4 Å². The summed E-state index contributed by atoms with van der Waals surface area (Å²) in [6.07, 6.45) is 5.86. The third-order valence-electron chi connectivity index (χ3n) is 3.87. The molecule has 0 unspecified atom stereocenters. The van der Waals surface area contributed by atoms with E-state index in [-0.39, 0.29) is 4.90 Å². The summed E-state index contributed by atoms with van der Waals surface area (Å²) in [6.45, 7) is 0. The predicted octanol–water partition coefficient (Wildman–Crippen LogP) is 3.11. The van der Waals surface area contributed by atoms with Crippen LogP contribution >= 0.6 is 0 Å². The lowest BCUT2D eigenvalue weighted by Crippen LogP contribution is -2.47. The molecule has 0 saturated heterocycles. The Morgan fingerprint density at radius 2 is 1.57 bits per heavy atom. The van der Waals surface area contributed by atoms with Gasteiger partial charge >= 0.3 is 0 Å². The van der Waals surface area contributed by atoms with E-state index >= 15 is 0 Å². The lowest BCUT2D eigenvalue weighted by atomic mass is 9.86. The van der Waals surface area contributed by atoms with Crippen LogP contribution in [0.1, 0.15) is 44.9 Å². The summed E-state index contributed by atoms with van der Waals surface area (Å²) < 4.78 is 40.2. The molecule has 0 atom stereocenters. The van der Waals surface area contributed by atoms with Gasteiger partial charge in [0.15, 0.2) is 0 Å². The van der Waals surface area contributed by atoms with E-state index in [1.165, 1.54) is 12.1 Å². The highest BCUT2D eigenvalue weighted by Gasteiger charge is 2.35. The van der Waals surface area contributed by atoms with E-state index in [0.29, 0.717) is 12.8 Å². The largest absolute Gasteiger partial charge is 0.241 e. The Bertz CT molecular complexity index is 612. The highest BCUT2D eigenvalue weighted by molar-refractivity contribution is 7.89. The Kier molecular flexibility index (Phi) is 4.96. The fourth-order valence-corrected chi connectivity index (χ4v) is 4.05. The molecule has 1 aromatic rings. The van der Waals surface area contributed by atoms with Gasteiger partial charge < -0.3 is 0 Å². The normalized spacial score (nSPS) is 19.2. The van der Waals surface area contributed by atoms with E-state index in [1.54, 1.807) is 0 Å². The van der Waals surface area contributed by atoms with E-state index in [1.807, 2.05) is 0 Å². The zero-order chi connectivity index (χ0) is 15.3. The third kappa shape index (κ3) is 4.02. The van der Waals surface area contributed by atoms with Crippen molar-refractivity contribution in [3.05, 3.63) is 30.1 Å². The van der Waals surface area contributed by atoms with Crippen molar-refractivity contribution < 1.29 is 12.8 Å². The van der Waals surface area contributed by atoms with Crippen LogP contribution in [-0.2, 0) is 10.0 Å². The van der Waals surface area contributed by atoms with Crippen molar-refractivity contribution in [3.63, 3.8) is 0 Å². The number of hydrogen-bond acceptors (Lipinski definition) is 3. The molecule has 2 rings (SSSR count). The monoisotopic (exact) mass is 310 g/mol. The fraction of sp³-hybridized carbons (Fsp3) is 0.533. The Balaban J connectivity index is 2.23. The maximum Gasteiger partial charge on any atom is 0.241 e. The van der Waals surface area contributed by atoms with Crippen molar-refractivity contribution in [1.29, 1.82) is 5.26 Å². The number of nitrogens with one attached hydrogen (secondary N) is 1. The molecule has 1 N–H and O–H groups in total. The van der Waals surface area contributed by atoms with Crippen molar-refractivity contribution in [2.24, 2.45) is 0 Å². The van der Waals surface area contributed by atoms with Gasteiger partial charge in [-0.15, -0.1) is 0 Å². The summed E-state index contributed by atoms with van der Waals surface area (Å²) >= 11 is 0. The van der Waals surface area contributed by atoms with Crippen molar-refractivity contribution in [2.45, 2.75) is 55.4 Å². The molecule has 0 aliphatic heterocycles. The predicted molar refractivity (Wildman–Crippen MR) is 77.4 cm³/mol. The molecule has 0 spiro atoms. The number of nitrogens with zero attached hydrogens (tertiary/aromatic N) is 1. The third-order valence-corrected chi connectivity index (χ3v) is 5.43. The number of rotatable bonds is 3. The van der Waals surface area contributed by atoms with Crippen LogP contribution in [0, 0.1) is 17.1 Å². The highest BCUT2D eigenvalue weighted by atomic mass is 32.2. The first-order valence-electron chi connectivity index (χ1n) is 7.18. The number of halogens is 1. The fourth-order valence-electron chi connectivity index (χ4n) is 2.68. The number of benzene rings is 1. The van der Waals surface area contributed by atoms with Crippen LogP contribution in [0.3, 0.4) is 0 Å². The molecule has 0 heterocycles. The van der Waals surface area contributed by atoms with Crippen LogP contribution in [-0.4, -0.2) is 14.0 Å². The standard InChI is InChI=1S/C15H19FN2O2S/c16-13-6-8-14(9-7-13)21(19,20)18-15(12-17)10-4-2-1-3-5-11-15/h6-9,18H,1-5,10-11H2. The topological polar surface area (TPSA) is 70.0 Å². The molecule has 0 amide bonds. The van der Waals surface area contributed by atoms with E-state index in [0.717, 1.165) is 44.2 Å². The molecule has 0 bridgehead atoms. The molecule has 4 nitrogen and oxygen atoms in total. The van der Waals surface area contributed by atoms with E-state index in [2.05, 4.69) is 10.8 Å². The van der Waals surface area contributed by atoms with Crippen LogP contribution in [0.15, 0.2) is 29.2 Å². The van der Waals surface area contributed by atoms with Gasteiger partial charge in [-0.05, 0) is 37.1 Å². The van der Waals surface area contributed by atoms with E-state index in [9.17, 15) is 18.1 Å². The quantitative estimate of drug-likeness (QED) is 0.932. The highest BCUT2D eigenvalue weighted by Crippen LogP contribution is 2.27. The Morgan fingerprint density at radius 3 is 2.10 bits per heavy atom. The Hall–Kier alpha value is -1.45. The van der Waals surface area contributed by atoms with Gasteiger partial charge in [0.2, 0.25) is 10.0 Å². The number of nitriles is 1. The molecule has 0 aromatic heterocycles. The molecule has 6 heteroatoms. The van der Waals surface area contributed by atoms with Crippen molar-refractivity contribution in [1.82, 2.24) is 4.72 Å². The van der Waals surface area contributed by atoms with Crippen molar-refractivity contribution in [2.75, 3.05) is 0 Å². The summed E-state index contributed by atoms with van der Waals surface area (Å²) in [4.78, 5) is -0.0133. The second kappa shape index (κ2) is 6.54. The molecular formula is C15H19FN2O2S. The van der Waals surface area contributed by atoms with Crippen LogP contribution in [0.25, 0.3) is 0 Å². The Labute approximate surface area is 125 Å². The summed E-state index contributed by atoms with van der Waals surface area (Å²) in [6, 6.07) is 6.79. The zero-order valence-electron chi connectivity index (χ0n) is 11.8. The summed E-state index contributed by atoms with van der Waals surface area (Å²) in [5.41, 5.74) is -1.05. The lowest BCUT2D eigenvalue weighted by molar-refractivity contribution is 0.357. The first-order chi connectivity index (χ1) is 9.97. The zero-order valence-corrected chi connectivity index (χ0v) is 12.6. The van der Waals surface area contributed by atoms with Gasteiger partial charge in [-0.3, -0.25) is 0 Å². The summed E-state index contributed by atoms with van der Waals surface area (Å²) in [5, 5.41) is 9.48. The number of sulfonamides is 1. The van der Waals surface area contributed by atoms with Crippen molar-refractivity contribution >= 4 is 10.0 Å². The summed E-state index contributed by atoms with van der Waals surface area (Å²) in [7, 11) is -3.81. The molecule has 1 aromatic carbocycles. The first-order valence-corrected chi connectivity index (χ1v) is 8.67. The van der Waals surface area contributed by atoms with Gasteiger partial charge in [0, 0.05) is 0 Å². The minimum absolute atomic E-state index is 0.0133. The molecule has 1 aliphatic carbocycles. The SMILES string of the molecule is N#CC1(NS(=O)(=O)c2ccc(F)cc2)CCCCCCC1. The minimum atomic E-state index is -3.81. The van der Waals surface area contributed by atoms with Gasteiger partial charge in [-0.1, -0.05) is 32.1 Å². The maximum absolute atomic E-state index is 12.9. The van der Waals surface area contributed by atoms with Crippen LogP contribution in [0.2, 0.25) is 0 Å². The van der Waals surface area contributed by atoms with Gasteiger partial charge in [0.25, 0.3) is 0 Å². The van der Waals surface area contributed by atoms with Crippen LogP contribution < -0.4 is 4.72 Å². The van der Waals surface area contributed by atoms with Crippen molar-refractivity contribution in [3.8, 4) is 6.07 Å². The number of hydrogen-bond donors (Lipinski definition) is 1. The molecule has 0 radical (unpaired) electrons. The van der Waals surface area contributed by atoms with Gasteiger partial charge in [0.05, 0.1) is 11.0 Å². The van der Waals surface area contributed by atoms with Gasteiger partial charge in [-0.25, -0.2) is 12.8 Å². The van der Waals surface area contributed by atoms with E-state index in [4.69, 9.17) is 0 Å². The molecule has 1 saturated carbocycles. The Morgan fingerprint density at radius 1 is 1.05 bits per heavy atom. The second-order valence-electron chi connectivity index (χ2n) is 5.52. The molecule has 1 aliphatic rings. The average Bonchev–Trinajstić information content (AvgIpc) is 2.42. The molecule has 21 heavy (non-hydrogen) atoms.